The number of halogens is 1. The van der Waals surface area contributed by atoms with Crippen LogP contribution in [0, 0.1) is 6.92 Å². The molecule has 33 heavy (non-hydrogen) atoms. The number of rotatable bonds is 6. The summed E-state index contributed by atoms with van der Waals surface area (Å²) in [5.41, 5.74) is 5.21. The van der Waals surface area contributed by atoms with Crippen molar-refractivity contribution in [1.29, 1.82) is 0 Å². The maximum atomic E-state index is 12.3. The molecule has 1 aliphatic rings. The van der Waals surface area contributed by atoms with Crippen LogP contribution in [0.5, 0.6) is 0 Å². The number of hydrazone groups is 1. The molecule has 2 aromatic carbocycles. The van der Waals surface area contributed by atoms with Crippen molar-refractivity contribution in [2.45, 2.75) is 13.5 Å². The second-order valence-electron chi connectivity index (χ2n) is 7.85. The molecule has 9 heteroatoms. The molecule has 2 heterocycles. The molecule has 1 aromatic heterocycles. The molecule has 1 fully saturated rings. The van der Waals surface area contributed by atoms with Gasteiger partial charge in [-0.25, -0.2) is 10.1 Å². The number of hydrogen-bond acceptors (Lipinski definition) is 6. The average molecular weight is 465 g/mol. The first-order valence-corrected chi connectivity index (χ1v) is 11.1. The molecule has 0 bridgehead atoms. The van der Waals surface area contributed by atoms with Crippen LogP contribution in [0.4, 0.5) is 11.5 Å². The zero-order valence-electron chi connectivity index (χ0n) is 18.3. The van der Waals surface area contributed by atoms with Gasteiger partial charge in [-0.2, -0.15) is 10.2 Å². The molecule has 1 aliphatic heterocycles. The monoisotopic (exact) mass is 464 g/mol. The minimum atomic E-state index is -0.420. The number of carbonyl (C=O) groups is 1. The first-order chi connectivity index (χ1) is 16.0. The Labute approximate surface area is 197 Å². The van der Waals surface area contributed by atoms with E-state index in [2.05, 4.69) is 25.4 Å². The summed E-state index contributed by atoms with van der Waals surface area (Å²) in [6.07, 6.45) is 1.56. The number of nitrogens with one attached hydrogen (secondary N) is 1. The summed E-state index contributed by atoms with van der Waals surface area (Å²) in [5, 5.41) is 9.07. The molecule has 0 radical (unpaired) electrons. The highest BCUT2D eigenvalue weighted by Crippen LogP contribution is 2.22. The standard InChI is InChI=1S/C24H25ClN6O2/c1-18-5-7-19(8-6-18)16-26-27-23(32)17-31-24(33)10-9-22(28-31)30-13-11-29(12-14-30)21-4-2-3-20(25)15-21/h2-10,15-16H,11-14,17H2,1H3,(H,27,32)/b26-16+. The largest absolute Gasteiger partial charge is 0.368 e. The molecule has 0 spiro atoms. The van der Waals surface area contributed by atoms with Crippen LogP contribution in [0.25, 0.3) is 0 Å². The molecular weight excluding hydrogens is 440 g/mol. The fourth-order valence-corrected chi connectivity index (χ4v) is 3.77. The Morgan fingerprint density at radius 3 is 2.52 bits per heavy atom. The Balaban J connectivity index is 1.35. The maximum Gasteiger partial charge on any atom is 0.267 e. The summed E-state index contributed by atoms with van der Waals surface area (Å²) in [4.78, 5) is 28.9. The van der Waals surface area contributed by atoms with Crippen LogP contribution >= 0.6 is 11.6 Å². The second kappa shape index (κ2) is 10.3. The van der Waals surface area contributed by atoms with Gasteiger partial charge in [-0.05, 0) is 36.8 Å². The predicted octanol–water partition coefficient (Wildman–Crippen LogP) is 2.68. The summed E-state index contributed by atoms with van der Waals surface area (Å²) in [7, 11) is 0. The van der Waals surface area contributed by atoms with Gasteiger partial charge in [0.15, 0.2) is 0 Å². The van der Waals surface area contributed by atoms with Crippen molar-refractivity contribution in [2.24, 2.45) is 5.10 Å². The maximum absolute atomic E-state index is 12.3. The lowest BCUT2D eigenvalue weighted by Gasteiger charge is -2.36. The molecule has 4 rings (SSSR count). The van der Waals surface area contributed by atoms with Gasteiger partial charge in [0.1, 0.15) is 12.4 Å². The molecule has 8 nitrogen and oxygen atoms in total. The van der Waals surface area contributed by atoms with Gasteiger partial charge in [0.05, 0.1) is 6.21 Å². The Morgan fingerprint density at radius 2 is 1.79 bits per heavy atom. The second-order valence-corrected chi connectivity index (χ2v) is 8.28. The van der Waals surface area contributed by atoms with Crippen molar-refractivity contribution >= 4 is 35.2 Å². The van der Waals surface area contributed by atoms with Gasteiger partial charge in [0, 0.05) is 43.0 Å². The Morgan fingerprint density at radius 1 is 1.06 bits per heavy atom. The Kier molecular flexibility index (Phi) is 7.04. The number of amides is 1. The van der Waals surface area contributed by atoms with Crippen LogP contribution in [-0.4, -0.2) is 48.1 Å². The van der Waals surface area contributed by atoms with Crippen LogP contribution in [0.1, 0.15) is 11.1 Å². The highest BCUT2D eigenvalue weighted by atomic mass is 35.5. The molecular formula is C24H25ClN6O2. The van der Waals surface area contributed by atoms with Crippen molar-refractivity contribution < 1.29 is 4.79 Å². The van der Waals surface area contributed by atoms with Gasteiger partial charge in [0.25, 0.3) is 11.5 Å². The molecule has 0 atom stereocenters. The van der Waals surface area contributed by atoms with Crippen molar-refractivity contribution in [3.63, 3.8) is 0 Å². The number of aromatic nitrogens is 2. The van der Waals surface area contributed by atoms with E-state index >= 15 is 0 Å². The van der Waals surface area contributed by atoms with Crippen molar-refractivity contribution in [3.8, 4) is 0 Å². The SMILES string of the molecule is Cc1ccc(/C=N/NC(=O)Cn2nc(N3CCN(c4cccc(Cl)c4)CC3)ccc2=O)cc1. The Hall–Kier alpha value is -3.65. The molecule has 0 saturated carbocycles. The molecule has 1 N–H and O–H groups in total. The van der Waals surface area contributed by atoms with Gasteiger partial charge >= 0.3 is 0 Å². The first-order valence-electron chi connectivity index (χ1n) is 10.7. The van der Waals surface area contributed by atoms with E-state index in [4.69, 9.17) is 11.6 Å². The molecule has 170 valence electrons. The number of nitrogens with zero attached hydrogens (tertiary/aromatic N) is 5. The molecule has 1 saturated heterocycles. The topological polar surface area (TPSA) is 82.8 Å². The Bertz CT molecular complexity index is 1200. The van der Waals surface area contributed by atoms with Crippen molar-refractivity contribution in [2.75, 3.05) is 36.0 Å². The average Bonchev–Trinajstić information content (AvgIpc) is 2.82. The zero-order chi connectivity index (χ0) is 23.2. The number of benzene rings is 2. The van der Waals surface area contributed by atoms with Crippen molar-refractivity contribution in [1.82, 2.24) is 15.2 Å². The highest BCUT2D eigenvalue weighted by Gasteiger charge is 2.19. The van der Waals surface area contributed by atoms with Crippen LogP contribution in [0.3, 0.4) is 0 Å². The van der Waals surface area contributed by atoms with E-state index in [1.807, 2.05) is 55.5 Å². The summed E-state index contributed by atoms with van der Waals surface area (Å²) in [6, 6.07) is 18.7. The summed E-state index contributed by atoms with van der Waals surface area (Å²) >= 11 is 6.11. The highest BCUT2D eigenvalue weighted by molar-refractivity contribution is 6.30. The summed E-state index contributed by atoms with van der Waals surface area (Å²) in [6.45, 7) is 4.88. The van der Waals surface area contributed by atoms with Gasteiger partial charge in [-0.3, -0.25) is 9.59 Å². The molecule has 1 amide bonds. The van der Waals surface area contributed by atoms with E-state index in [1.165, 1.54) is 6.07 Å². The van der Waals surface area contributed by atoms with Crippen LogP contribution < -0.4 is 20.8 Å². The van der Waals surface area contributed by atoms with Crippen LogP contribution in [0.2, 0.25) is 5.02 Å². The van der Waals surface area contributed by atoms with Gasteiger partial charge in [0.2, 0.25) is 0 Å². The third-order valence-electron chi connectivity index (χ3n) is 5.40. The van der Waals surface area contributed by atoms with E-state index in [1.54, 1.807) is 12.3 Å². The lowest BCUT2D eigenvalue weighted by molar-refractivity contribution is -0.121. The van der Waals surface area contributed by atoms with Gasteiger partial charge in [-0.1, -0.05) is 47.5 Å². The van der Waals surface area contributed by atoms with Crippen LogP contribution in [0.15, 0.2) is 70.6 Å². The number of anilines is 2. The van der Waals surface area contributed by atoms with E-state index < -0.39 is 5.91 Å². The normalized spacial score (nSPS) is 14.0. The van der Waals surface area contributed by atoms with Gasteiger partial charge < -0.3 is 9.80 Å². The van der Waals surface area contributed by atoms with Crippen molar-refractivity contribution in [3.05, 3.63) is 87.2 Å². The minimum absolute atomic E-state index is 0.208. The fraction of sp³-hybridized carbons (Fsp3) is 0.250. The van der Waals surface area contributed by atoms with E-state index in [9.17, 15) is 9.59 Å². The van der Waals surface area contributed by atoms with E-state index in [0.717, 1.165) is 47.7 Å². The quantitative estimate of drug-likeness (QED) is 0.448. The third-order valence-corrected chi connectivity index (χ3v) is 5.64. The number of piperazine rings is 1. The number of hydrogen-bond donors (Lipinski definition) is 1. The smallest absolute Gasteiger partial charge is 0.267 e. The first kappa shape index (κ1) is 22.5. The minimum Gasteiger partial charge on any atom is -0.368 e. The number of aryl methyl sites for hydroxylation is 1. The summed E-state index contributed by atoms with van der Waals surface area (Å²) in [5.74, 6) is 0.243. The summed E-state index contributed by atoms with van der Waals surface area (Å²) < 4.78 is 1.16. The molecule has 0 unspecified atom stereocenters. The third kappa shape index (κ3) is 5.98. The number of carbonyl (C=O) groups excluding carboxylic acids is 1. The van der Waals surface area contributed by atoms with Crippen LogP contribution in [-0.2, 0) is 11.3 Å². The molecule has 3 aromatic rings. The fourth-order valence-electron chi connectivity index (χ4n) is 3.59. The lowest BCUT2D eigenvalue weighted by atomic mass is 10.2. The van der Waals surface area contributed by atoms with E-state index in [-0.39, 0.29) is 12.1 Å². The van der Waals surface area contributed by atoms with Gasteiger partial charge in [-0.15, -0.1) is 0 Å². The molecule has 0 aliphatic carbocycles. The zero-order valence-corrected chi connectivity index (χ0v) is 19.1. The predicted molar refractivity (Wildman–Crippen MR) is 131 cm³/mol. The van der Waals surface area contributed by atoms with E-state index in [0.29, 0.717) is 10.8 Å². The lowest BCUT2D eigenvalue weighted by Crippen LogP contribution is -2.47.